The van der Waals surface area contributed by atoms with Gasteiger partial charge in [0.15, 0.2) is 0 Å². The number of hydrogen-bond donors (Lipinski definition) is 1. The number of rotatable bonds is 6. The van der Waals surface area contributed by atoms with Crippen LogP contribution < -0.4 is 5.14 Å². The van der Waals surface area contributed by atoms with Crippen LogP contribution in [0.4, 0.5) is 0 Å². The Hall–Kier alpha value is -1.08. The van der Waals surface area contributed by atoms with Gasteiger partial charge in [0.05, 0.1) is 12.9 Å². The van der Waals surface area contributed by atoms with Crippen LogP contribution in [0.1, 0.15) is 12.8 Å². The fourth-order valence-electron chi connectivity index (χ4n) is 1.59. The molecule has 0 bridgehead atoms. The lowest BCUT2D eigenvalue weighted by molar-refractivity contribution is -0.127. The summed E-state index contributed by atoms with van der Waals surface area (Å²) >= 11 is 0. The van der Waals surface area contributed by atoms with E-state index < -0.39 is 15.3 Å². The van der Waals surface area contributed by atoms with Crippen LogP contribution in [0.2, 0.25) is 0 Å². The van der Waals surface area contributed by atoms with Crippen LogP contribution in [-0.2, 0) is 19.6 Å². The molecule has 0 aliphatic carbocycles. The molecule has 7 heteroatoms. The SMILES string of the molecule is C=COCCCN1CC(S(N)(=O)=O)CC1=O. The topological polar surface area (TPSA) is 89.7 Å². The van der Waals surface area contributed by atoms with Crippen molar-refractivity contribution in [2.75, 3.05) is 19.7 Å². The maximum Gasteiger partial charge on any atom is 0.224 e. The first-order valence-electron chi connectivity index (χ1n) is 4.97. The van der Waals surface area contributed by atoms with Gasteiger partial charge >= 0.3 is 0 Å². The Kier molecular flexibility index (Phi) is 4.31. The van der Waals surface area contributed by atoms with E-state index in [1.54, 1.807) is 0 Å². The van der Waals surface area contributed by atoms with Gasteiger partial charge in [-0.15, -0.1) is 0 Å². The summed E-state index contributed by atoms with van der Waals surface area (Å²) in [6.07, 6.45) is 1.97. The van der Waals surface area contributed by atoms with Gasteiger partial charge in [-0.05, 0) is 6.42 Å². The van der Waals surface area contributed by atoms with Gasteiger partial charge in [-0.1, -0.05) is 6.58 Å². The molecule has 0 aromatic carbocycles. The van der Waals surface area contributed by atoms with Gasteiger partial charge in [0.1, 0.15) is 5.25 Å². The fraction of sp³-hybridized carbons (Fsp3) is 0.667. The minimum absolute atomic E-state index is 0.0127. The standard InChI is InChI=1S/C9H16N2O4S/c1-2-15-5-3-4-11-7-8(6-9(11)12)16(10,13)14/h2,8H,1,3-7H2,(H2,10,13,14). The zero-order valence-corrected chi connectivity index (χ0v) is 9.78. The van der Waals surface area contributed by atoms with E-state index in [4.69, 9.17) is 9.88 Å². The molecule has 1 fully saturated rings. The van der Waals surface area contributed by atoms with Crippen LogP contribution in [0.5, 0.6) is 0 Å². The quantitative estimate of drug-likeness (QED) is 0.503. The molecule has 1 atom stereocenters. The molecule has 0 saturated carbocycles. The van der Waals surface area contributed by atoms with Gasteiger partial charge in [-0.2, -0.15) is 0 Å². The number of likely N-dealkylation sites (tertiary alicyclic amines) is 1. The number of carbonyl (C=O) groups excluding carboxylic acids is 1. The average Bonchev–Trinajstić information content (AvgIpc) is 2.55. The van der Waals surface area contributed by atoms with Crippen molar-refractivity contribution in [3.8, 4) is 0 Å². The Labute approximate surface area is 95.1 Å². The number of carbonyl (C=O) groups is 1. The summed E-state index contributed by atoms with van der Waals surface area (Å²) in [5.74, 6) is -0.169. The van der Waals surface area contributed by atoms with Crippen molar-refractivity contribution in [1.82, 2.24) is 4.90 Å². The average molecular weight is 248 g/mol. The van der Waals surface area contributed by atoms with Crippen molar-refractivity contribution in [3.63, 3.8) is 0 Å². The van der Waals surface area contributed by atoms with Crippen molar-refractivity contribution in [2.24, 2.45) is 5.14 Å². The van der Waals surface area contributed by atoms with Gasteiger partial charge in [0.2, 0.25) is 15.9 Å². The maximum atomic E-state index is 11.4. The molecule has 1 saturated heterocycles. The van der Waals surface area contributed by atoms with Gasteiger partial charge in [0, 0.05) is 19.5 Å². The van der Waals surface area contributed by atoms with E-state index in [2.05, 4.69) is 6.58 Å². The van der Waals surface area contributed by atoms with Gasteiger partial charge < -0.3 is 9.64 Å². The Balaban J connectivity index is 2.40. The van der Waals surface area contributed by atoms with Crippen LogP contribution in [0.25, 0.3) is 0 Å². The third kappa shape index (κ3) is 3.49. The molecule has 0 radical (unpaired) electrons. The predicted octanol–water partition coefficient (Wildman–Crippen LogP) is -0.574. The summed E-state index contributed by atoms with van der Waals surface area (Å²) in [5, 5.41) is 4.23. The van der Waals surface area contributed by atoms with Crippen molar-refractivity contribution >= 4 is 15.9 Å². The van der Waals surface area contributed by atoms with E-state index in [1.807, 2.05) is 0 Å². The number of amides is 1. The Bertz CT molecular complexity index is 366. The summed E-state index contributed by atoms with van der Waals surface area (Å²) in [7, 11) is -3.61. The van der Waals surface area contributed by atoms with Crippen LogP contribution in [0.15, 0.2) is 12.8 Å². The maximum absolute atomic E-state index is 11.4. The summed E-state index contributed by atoms with van der Waals surface area (Å²) in [6.45, 7) is 4.53. The van der Waals surface area contributed by atoms with Crippen molar-refractivity contribution < 1.29 is 17.9 Å². The molecular weight excluding hydrogens is 232 g/mol. The van der Waals surface area contributed by atoms with Crippen LogP contribution >= 0.6 is 0 Å². The largest absolute Gasteiger partial charge is 0.502 e. The summed E-state index contributed by atoms with van der Waals surface area (Å²) in [4.78, 5) is 12.9. The molecule has 6 nitrogen and oxygen atoms in total. The first-order valence-corrected chi connectivity index (χ1v) is 6.58. The van der Waals surface area contributed by atoms with Gasteiger partial charge in [0.25, 0.3) is 0 Å². The zero-order valence-electron chi connectivity index (χ0n) is 8.96. The third-order valence-corrected chi connectivity index (χ3v) is 3.70. The van der Waals surface area contributed by atoms with Gasteiger partial charge in [-0.25, -0.2) is 13.6 Å². The monoisotopic (exact) mass is 248 g/mol. The van der Waals surface area contributed by atoms with E-state index >= 15 is 0 Å². The number of primary sulfonamides is 1. The van der Waals surface area contributed by atoms with Crippen molar-refractivity contribution in [1.29, 1.82) is 0 Å². The smallest absolute Gasteiger partial charge is 0.224 e. The first kappa shape index (κ1) is 13.0. The lowest BCUT2D eigenvalue weighted by atomic mass is 10.4. The molecule has 0 aromatic rings. The number of nitrogens with two attached hydrogens (primary N) is 1. The van der Waals surface area contributed by atoms with E-state index in [0.717, 1.165) is 0 Å². The normalized spacial score (nSPS) is 21.2. The molecule has 1 aliphatic rings. The van der Waals surface area contributed by atoms with Crippen molar-refractivity contribution in [2.45, 2.75) is 18.1 Å². The Morgan fingerprint density at radius 1 is 1.62 bits per heavy atom. The summed E-state index contributed by atoms with van der Waals surface area (Å²) < 4.78 is 27.0. The molecule has 2 N–H and O–H groups in total. The number of ether oxygens (including phenoxy) is 1. The van der Waals surface area contributed by atoms with Crippen LogP contribution in [0, 0.1) is 0 Å². The minimum atomic E-state index is -3.61. The van der Waals surface area contributed by atoms with Crippen LogP contribution in [-0.4, -0.2) is 44.2 Å². The Morgan fingerprint density at radius 3 is 2.81 bits per heavy atom. The van der Waals surface area contributed by atoms with Crippen LogP contribution in [0.3, 0.4) is 0 Å². The molecule has 0 aromatic heterocycles. The van der Waals surface area contributed by atoms with E-state index in [1.165, 1.54) is 11.2 Å². The summed E-state index contributed by atoms with van der Waals surface area (Å²) in [5.41, 5.74) is 0. The molecule has 1 unspecified atom stereocenters. The van der Waals surface area contributed by atoms with E-state index in [0.29, 0.717) is 19.6 Å². The third-order valence-electron chi connectivity index (χ3n) is 2.45. The second-order valence-electron chi connectivity index (χ2n) is 3.65. The number of nitrogens with zero attached hydrogens (tertiary/aromatic N) is 1. The lowest BCUT2D eigenvalue weighted by Crippen LogP contribution is -2.32. The minimum Gasteiger partial charge on any atom is -0.502 e. The highest BCUT2D eigenvalue weighted by Crippen LogP contribution is 2.16. The van der Waals surface area contributed by atoms with Crippen molar-refractivity contribution in [3.05, 3.63) is 12.8 Å². The molecule has 92 valence electrons. The highest BCUT2D eigenvalue weighted by atomic mass is 32.2. The predicted molar refractivity (Wildman–Crippen MR) is 58.9 cm³/mol. The highest BCUT2D eigenvalue weighted by Gasteiger charge is 2.35. The fourth-order valence-corrected chi connectivity index (χ4v) is 2.36. The molecule has 1 aliphatic heterocycles. The van der Waals surface area contributed by atoms with Gasteiger partial charge in [-0.3, -0.25) is 4.79 Å². The molecular formula is C9H16N2O4S. The lowest BCUT2D eigenvalue weighted by Gasteiger charge is -2.15. The molecule has 0 spiro atoms. The van der Waals surface area contributed by atoms with E-state index in [9.17, 15) is 13.2 Å². The Morgan fingerprint density at radius 2 is 2.31 bits per heavy atom. The highest BCUT2D eigenvalue weighted by molar-refractivity contribution is 7.89. The second kappa shape index (κ2) is 5.31. The second-order valence-corrected chi connectivity index (χ2v) is 5.49. The molecule has 16 heavy (non-hydrogen) atoms. The van der Waals surface area contributed by atoms with E-state index in [-0.39, 0.29) is 18.9 Å². The number of sulfonamides is 1. The zero-order chi connectivity index (χ0) is 12.2. The molecule has 1 rings (SSSR count). The molecule has 1 heterocycles. The number of hydrogen-bond acceptors (Lipinski definition) is 4. The molecule has 1 amide bonds. The first-order chi connectivity index (χ1) is 7.45. The summed E-state index contributed by atoms with van der Waals surface area (Å²) in [6, 6.07) is 0.